The first-order valence-corrected chi connectivity index (χ1v) is 17.4. The summed E-state index contributed by atoms with van der Waals surface area (Å²) in [5.41, 5.74) is 0.461. The molecule has 0 bridgehead atoms. The van der Waals surface area contributed by atoms with Crippen LogP contribution in [0.3, 0.4) is 0 Å². The largest absolute Gasteiger partial charge is 0.481 e. The predicted octanol–water partition coefficient (Wildman–Crippen LogP) is 8.15. The van der Waals surface area contributed by atoms with Crippen molar-refractivity contribution >= 4 is 23.4 Å². The number of hydrogen-bond donors (Lipinski definition) is 2. The number of benzene rings is 1. The Labute approximate surface area is 309 Å². The molecule has 55 heavy (non-hydrogen) atoms. The maximum absolute atomic E-state index is 14.1. The van der Waals surface area contributed by atoms with Gasteiger partial charge in [0.15, 0.2) is 0 Å². The van der Waals surface area contributed by atoms with Gasteiger partial charge in [-0.3, -0.25) is 14.7 Å². The number of fused-ring (bicyclic) bond motifs is 1. The van der Waals surface area contributed by atoms with Crippen molar-refractivity contribution in [2.24, 2.45) is 5.73 Å². The van der Waals surface area contributed by atoms with Crippen LogP contribution < -0.4 is 15.5 Å². The zero-order valence-corrected chi connectivity index (χ0v) is 29.5. The van der Waals surface area contributed by atoms with Crippen molar-refractivity contribution in [2.75, 3.05) is 42.7 Å². The van der Waals surface area contributed by atoms with Crippen LogP contribution >= 0.6 is 0 Å². The predicted molar refractivity (Wildman–Crippen MR) is 179 cm³/mol. The Balaban J connectivity index is 1.64. The van der Waals surface area contributed by atoms with Crippen LogP contribution in [0.4, 0.5) is 55.7 Å². The first kappa shape index (κ1) is 41.5. The summed E-state index contributed by atoms with van der Waals surface area (Å²) in [6, 6.07) is 4.33. The minimum Gasteiger partial charge on any atom is -0.481 e. The highest BCUT2D eigenvalue weighted by Crippen LogP contribution is 2.48. The fourth-order valence-electron chi connectivity index (χ4n) is 6.74. The first-order chi connectivity index (χ1) is 25.7. The van der Waals surface area contributed by atoms with Gasteiger partial charge in [-0.25, -0.2) is 9.78 Å². The fourth-order valence-corrected chi connectivity index (χ4v) is 6.74. The van der Waals surface area contributed by atoms with E-state index in [0.717, 1.165) is 11.0 Å². The molecule has 0 radical (unpaired) electrons. The van der Waals surface area contributed by atoms with E-state index in [1.807, 2.05) is 4.90 Å². The number of hydrogen-bond acceptors (Lipinski definition) is 8. The summed E-state index contributed by atoms with van der Waals surface area (Å²) in [5.74, 6) is -2.23. The van der Waals surface area contributed by atoms with E-state index in [0.29, 0.717) is 63.0 Å². The molecule has 3 aromatic rings. The highest BCUT2D eigenvalue weighted by molar-refractivity contribution is 5.91. The van der Waals surface area contributed by atoms with E-state index in [1.54, 1.807) is 6.92 Å². The highest BCUT2D eigenvalue weighted by Gasteiger charge is 2.48. The molecule has 19 heteroatoms. The number of unbranched alkanes of at least 4 members (excludes halogenated alkanes) is 2. The van der Waals surface area contributed by atoms with Gasteiger partial charge in [-0.1, -0.05) is 6.92 Å². The van der Waals surface area contributed by atoms with Gasteiger partial charge in [0, 0.05) is 25.4 Å². The summed E-state index contributed by atoms with van der Waals surface area (Å²) in [4.78, 5) is 35.8. The summed E-state index contributed by atoms with van der Waals surface area (Å²) in [7, 11) is 0. The standard InChI is InChI=1S/C36H38F9N5O5/c1-2-33(46)19-26(31-27(7-8-28(48-31)36(43,44)45)50(33)32(53)55-11-5-3-4-6-29(51)52)30-22(17-25(20-47-30)49-9-12-54-13-10-49)14-21-15-23(34(37,38)39)18-24(16-21)35(40,41)42/h7-8,15-18,20,26H,2-6,9-14,19,46H2,1H3,(H,51,52)/t26-,33+/m0/s1. The quantitative estimate of drug-likeness (QED) is 0.146. The van der Waals surface area contributed by atoms with Crippen molar-refractivity contribution in [3.05, 3.63) is 81.9 Å². The third kappa shape index (κ3) is 9.78. The molecular formula is C36H38F9N5O5. The first-order valence-electron chi connectivity index (χ1n) is 17.4. The van der Waals surface area contributed by atoms with Crippen molar-refractivity contribution in [1.82, 2.24) is 9.97 Å². The van der Waals surface area contributed by atoms with Crippen LogP contribution in [0.5, 0.6) is 0 Å². The van der Waals surface area contributed by atoms with Gasteiger partial charge in [-0.15, -0.1) is 0 Å². The van der Waals surface area contributed by atoms with Gasteiger partial charge in [-0.05, 0) is 86.1 Å². The molecule has 300 valence electrons. The fraction of sp³-hybridized carbons (Fsp3) is 0.500. The molecule has 10 nitrogen and oxygen atoms in total. The lowest BCUT2D eigenvalue weighted by Crippen LogP contribution is -2.62. The Bertz CT molecular complexity index is 1830. The van der Waals surface area contributed by atoms with E-state index in [2.05, 4.69) is 9.97 Å². The lowest BCUT2D eigenvalue weighted by molar-refractivity contribution is -0.143. The van der Waals surface area contributed by atoms with E-state index in [4.69, 9.17) is 20.3 Å². The number of carboxylic acid groups (broad SMARTS) is 1. The molecule has 2 aliphatic heterocycles. The normalized spacial score (nSPS) is 19.3. The zero-order valence-electron chi connectivity index (χ0n) is 29.5. The molecule has 0 aliphatic carbocycles. The van der Waals surface area contributed by atoms with Crippen LogP contribution in [0.25, 0.3) is 0 Å². The number of nitrogens with two attached hydrogens (primary N) is 1. The Hall–Kier alpha value is -4.65. The van der Waals surface area contributed by atoms with Crippen molar-refractivity contribution in [3.8, 4) is 0 Å². The number of carboxylic acids is 1. The molecule has 1 aromatic carbocycles. The number of ether oxygens (including phenoxy) is 2. The number of halogens is 9. The number of anilines is 2. The Kier molecular flexibility index (Phi) is 12.2. The lowest BCUT2D eigenvalue weighted by Gasteiger charge is -2.46. The minimum absolute atomic E-state index is 0.000532. The van der Waals surface area contributed by atoms with Gasteiger partial charge in [0.05, 0.1) is 59.9 Å². The van der Waals surface area contributed by atoms with Crippen LogP contribution in [0, 0.1) is 0 Å². The van der Waals surface area contributed by atoms with Crippen molar-refractivity contribution in [2.45, 2.75) is 82.0 Å². The Morgan fingerprint density at radius 1 is 0.927 bits per heavy atom. The monoisotopic (exact) mass is 791 g/mol. The van der Waals surface area contributed by atoms with E-state index in [-0.39, 0.29) is 66.6 Å². The highest BCUT2D eigenvalue weighted by atomic mass is 19.4. The van der Waals surface area contributed by atoms with Crippen LogP contribution in [0.1, 0.15) is 90.7 Å². The van der Waals surface area contributed by atoms with Crippen LogP contribution in [-0.4, -0.2) is 65.7 Å². The van der Waals surface area contributed by atoms with Gasteiger partial charge < -0.3 is 25.2 Å². The molecule has 2 atom stereocenters. The Morgan fingerprint density at radius 3 is 2.16 bits per heavy atom. The van der Waals surface area contributed by atoms with Crippen molar-refractivity contribution in [3.63, 3.8) is 0 Å². The number of rotatable bonds is 11. The summed E-state index contributed by atoms with van der Waals surface area (Å²) < 4.78 is 136. The van der Waals surface area contributed by atoms with Gasteiger partial charge >= 0.3 is 30.6 Å². The lowest BCUT2D eigenvalue weighted by atomic mass is 9.79. The van der Waals surface area contributed by atoms with E-state index < -0.39 is 65.4 Å². The number of pyridine rings is 2. The van der Waals surface area contributed by atoms with Crippen LogP contribution in [0.15, 0.2) is 42.6 Å². The molecule has 1 amide bonds. The van der Waals surface area contributed by atoms with Crippen molar-refractivity contribution < 1.29 is 63.7 Å². The number of aliphatic carboxylic acids is 1. The van der Waals surface area contributed by atoms with Crippen molar-refractivity contribution in [1.29, 1.82) is 0 Å². The smallest absolute Gasteiger partial charge is 0.433 e. The Morgan fingerprint density at radius 2 is 1.58 bits per heavy atom. The number of amides is 1. The number of carbonyl (C=O) groups excluding carboxylic acids is 1. The van der Waals surface area contributed by atoms with Crippen LogP contribution in [0.2, 0.25) is 0 Å². The minimum atomic E-state index is -5.14. The topological polar surface area (TPSA) is 131 Å². The number of carbonyl (C=O) groups is 2. The maximum Gasteiger partial charge on any atom is 0.433 e. The molecule has 3 N–H and O–H groups in total. The number of aromatic nitrogens is 2. The number of alkyl halides is 9. The SMILES string of the molecule is CC[C@]1(N)C[C@@H](c2ncc(N3CCOCC3)cc2Cc2cc(C(F)(F)F)cc(C(F)(F)F)c2)c2nc(C(F)(F)F)ccc2N1C(=O)OCCCCCC(=O)O. The molecule has 0 spiro atoms. The average molecular weight is 792 g/mol. The number of nitrogens with zero attached hydrogens (tertiary/aromatic N) is 4. The third-order valence-electron chi connectivity index (χ3n) is 9.56. The van der Waals surface area contributed by atoms with Gasteiger partial charge in [0.1, 0.15) is 11.4 Å². The second-order valence-corrected chi connectivity index (χ2v) is 13.4. The molecular weight excluding hydrogens is 753 g/mol. The van der Waals surface area contributed by atoms with E-state index in [1.165, 1.54) is 12.3 Å². The van der Waals surface area contributed by atoms with E-state index >= 15 is 0 Å². The molecule has 2 aliphatic rings. The third-order valence-corrected chi connectivity index (χ3v) is 9.56. The summed E-state index contributed by atoms with van der Waals surface area (Å²) in [6.07, 6.45) is -14.8. The van der Waals surface area contributed by atoms with Gasteiger partial charge in [0.2, 0.25) is 0 Å². The zero-order chi connectivity index (χ0) is 40.3. The van der Waals surface area contributed by atoms with Crippen LogP contribution in [-0.2, 0) is 39.2 Å². The molecule has 4 heterocycles. The molecule has 1 saturated heterocycles. The second-order valence-electron chi connectivity index (χ2n) is 13.4. The molecule has 1 fully saturated rings. The average Bonchev–Trinajstić information content (AvgIpc) is 3.11. The maximum atomic E-state index is 14.1. The molecule has 0 unspecified atom stereocenters. The van der Waals surface area contributed by atoms with Gasteiger partial charge in [0.25, 0.3) is 0 Å². The second kappa shape index (κ2) is 16.2. The molecule has 0 saturated carbocycles. The summed E-state index contributed by atoms with van der Waals surface area (Å²) in [6.45, 7) is 2.85. The number of morpholine rings is 1. The molecule has 5 rings (SSSR count). The summed E-state index contributed by atoms with van der Waals surface area (Å²) >= 11 is 0. The molecule has 2 aromatic heterocycles. The van der Waals surface area contributed by atoms with E-state index in [9.17, 15) is 49.1 Å². The summed E-state index contributed by atoms with van der Waals surface area (Å²) in [5, 5.41) is 8.85. The van der Waals surface area contributed by atoms with Gasteiger partial charge in [-0.2, -0.15) is 39.5 Å².